The molecule has 0 spiro atoms. The van der Waals surface area contributed by atoms with Crippen LogP contribution in [0.5, 0.6) is 0 Å². The first-order chi connectivity index (χ1) is 7.35. The van der Waals surface area contributed by atoms with Crippen LogP contribution in [-0.4, -0.2) is 22.8 Å². The fourth-order valence-corrected chi connectivity index (χ4v) is 3.53. The van der Waals surface area contributed by atoms with Crippen LogP contribution < -0.4 is 4.90 Å². The molecule has 5 heteroatoms. The molecule has 1 aromatic rings. The van der Waals surface area contributed by atoms with Crippen molar-refractivity contribution in [2.45, 2.75) is 5.92 Å². The molecule has 0 saturated carbocycles. The second-order valence-corrected chi connectivity index (χ2v) is 9.42. The summed E-state index contributed by atoms with van der Waals surface area (Å²) in [5.74, 6) is -4.49. The van der Waals surface area contributed by atoms with Gasteiger partial charge in [-0.15, -0.1) is 0 Å². The number of nitrogens with zero attached hydrogens (tertiary/aromatic N) is 1. The van der Waals surface area contributed by atoms with Crippen molar-refractivity contribution >= 4 is 31.4 Å². The minimum absolute atomic E-state index is 0.165. The van der Waals surface area contributed by atoms with E-state index in [1.165, 1.54) is 13.1 Å². The number of carbonyl (C=O) groups is 1. The Hall–Kier alpha value is -0.720. The quantitative estimate of drug-likeness (QED) is 0.569. The molecule has 1 aliphatic heterocycles. The van der Waals surface area contributed by atoms with Gasteiger partial charge in [-0.25, -0.2) is 0 Å². The van der Waals surface area contributed by atoms with Gasteiger partial charge in [-0.3, -0.25) is 0 Å². The second kappa shape index (κ2) is 3.65. The van der Waals surface area contributed by atoms with E-state index in [9.17, 15) is 13.6 Å². The molecule has 88 valence electrons. The number of hydrogen-bond acceptors (Lipinski definition) is 1. The number of likely N-dealkylation sites (N-methyl/N-ethyl adjacent to an activating group) is 1. The Morgan fingerprint density at radius 1 is 1.31 bits per heavy atom. The summed E-state index contributed by atoms with van der Waals surface area (Å²) in [5.41, 5.74) is 0.194. The predicted molar refractivity (Wildman–Crippen MR) is 68.3 cm³/mol. The second-order valence-electron chi connectivity index (χ2n) is 3.86. The van der Waals surface area contributed by atoms with Gasteiger partial charge >= 0.3 is 100 Å². The third-order valence-electron chi connectivity index (χ3n) is 2.67. The van der Waals surface area contributed by atoms with Crippen LogP contribution in [0.3, 0.4) is 0 Å². The van der Waals surface area contributed by atoms with Crippen molar-refractivity contribution in [1.82, 2.24) is 0 Å². The third-order valence-corrected chi connectivity index (χ3v) is 5.83. The van der Waals surface area contributed by atoms with E-state index < -0.39 is 31.6 Å². The van der Waals surface area contributed by atoms with E-state index in [1.807, 2.05) is 0 Å². The molecule has 2 rings (SSSR count). The van der Waals surface area contributed by atoms with E-state index >= 15 is 0 Å². The Morgan fingerprint density at radius 3 is 2.50 bits per heavy atom. The number of alkyl halides is 4. The standard InChI is InChI=1S/C11H12F2INO/c1-14(2)7-4-5-8-9(6-7)15(3)10(16)11(8,12)13/h4-6H,1-3H3. The van der Waals surface area contributed by atoms with Crippen molar-refractivity contribution in [2.24, 2.45) is 0 Å². The average Bonchev–Trinajstić information content (AvgIpc) is 2.40. The van der Waals surface area contributed by atoms with Crippen molar-refractivity contribution in [3.05, 3.63) is 27.3 Å². The zero-order valence-corrected chi connectivity index (χ0v) is 11.4. The van der Waals surface area contributed by atoms with Crippen molar-refractivity contribution < 1.29 is 13.6 Å². The summed E-state index contributed by atoms with van der Waals surface area (Å²) < 4.78 is 28.2. The molecule has 0 saturated heterocycles. The summed E-state index contributed by atoms with van der Waals surface area (Å²) >= 11 is -1.20. The molecule has 1 heterocycles. The number of benzene rings is 1. The fourth-order valence-electron chi connectivity index (χ4n) is 1.72. The zero-order valence-electron chi connectivity index (χ0n) is 9.22. The molecule has 0 bridgehead atoms. The number of fused-ring (bicyclic) bond motifs is 1. The SMILES string of the molecule is CN1C(=O)C(F)(F)c2ccc(I(C)C)cc21. The van der Waals surface area contributed by atoms with Gasteiger partial charge in [-0.2, -0.15) is 0 Å². The van der Waals surface area contributed by atoms with Gasteiger partial charge in [-0.1, -0.05) is 0 Å². The van der Waals surface area contributed by atoms with Crippen LogP contribution in [-0.2, 0) is 10.7 Å². The van der Waals surface area contributed by atoms with E-state index in [1.54, 1.807) is 12.1 Å². The van der Waals surface area contributed by atoms with Gasteiger partial charge in [0.1, 0.15) is 0 Å². The van der Waals surface area contributed by atoms with Gasteiger partial charge in [0, 0.05) is 0 Å². The summed E-state index contributed by atoms with van der Waals surface area (Å²) in [6.07, 6.45) is 0. The molecule has 0 radical (unpaired) electrons. The summed E-state index contributed by atoms with van der Waals surface area (Å²) in [6.45, 7) is 0. The zero-order chi connectivity index (χ0) is 12.1. The van der Waals surface area contributed by atoms with Gasteiger partial charge in [0.15, 0.2) is 0 Å². The molecule has 2 nitrogen and oxygen atoms in total. The van der Waals surface area contributed by atoms with Crippen LogP contribution >= 0.6 is 19.8 Å². The average molecular weight is 339 g/mol. The molecular weight excluding hydrogens is 327 g/mol. The van der Waals surface area contributed by atoms with Crippen LogP contribution in [0.2, 0.25) is 0 Å². The van der Waals surface area contributed by atoms with Crippen molar-refractivity contribution in [1.29, 1.82) is 0 Å². The molecule has 0 N–H and O–H groups in total. The molecule has 0 aliphatic carbocycles. The molecule has 1 amide bonds. The maximum atomic E-state index is 13.5. The molecule has 0 atom stereocenters. The van der Waals surface area contributed by atoms with Crippen molar-refractivity contribution in [2.75, 3.05) is 21.8 Å². The van der Waals surface area contributed by atoms with Crippen LogP contribution in [0, 0.1) is 3.57 Å². The topological polar surface area (TPSA) is 20.3 Å². The van der Waals surface area contributed by atoms with Gasteiger partial charge in [0.05, 0.1) is 0 Å². The predicted octanol–water partition coefficient (Wildman–Crippen LogP) is 2.69. The van der Waals surface area contributed by atoms with E-state index in [0.29, 0.717) is 5.69 Å². The number of rotatable bonds is 1. The Kier molecular flexibility index (Phi) is 2.68. The van der Waals surface area contributed by atoms with Gasteiger partial charge in [-0.05, 0) is 0 Å². The minimum atomic E-state index is -3.36. The summed E-state index contributed by atoms with van der Waals surface area (Å²) in [6, 6.07) is 4.85. The maximum absolute atomic E-state index is 13.5. The monoisotopic (exact) mass is 339 g/mol. The molecule has 0 unspecified atom stereocenters. The number of hydrogen-bond donors (Lipinski definition) is 0. The number of halogens is 3. The van der Waals surface area contributed by atoms with Crippen LogP contribution in [0.25, 0.3) is 0 Å². The Morgan fingerprint density at radius 2 is 1.94 bits per heavy atom. The molecule has 0 fully saturated rings. The molecule has 1 aromatic carbocycles. The Labute approximate surface area is 100 Å². The molecule has 1 aliphatic rings. The Balaban J connectivity index is 2.59. The van der Waals surface area contributed by atoms with Gasteiger partial charge in [0.25, 0.3) is 0 Å². The third kappa shape index (κ3) is 1.52. The first-order valence-electron chi connectivity index (χ1n) is 4.66. The molecule has 16 heavy (non-hydrogen) atoms. The summed E-state index contributed by atoms with van der Waals surface area (Å²) in [5, 5.41) is 0. The van der Waals surface area contributed by atoms with Crippen LogP contribution in [0.1, 0.15) is 5.56 Å². The normalized spacial score (nSPS) is 18.7. The fraction of sp³-hybridized carbons (Fsp3) is 0.364. The number of amides is 1. The molecular formula is C11H12F2INO. The van der Waals surface area contributed by atoms with E-state index in [2.05, 4.69) is 9.86 Å². The van der Waals surface area contributed by atoms with Crippen LogP contribution in [0.4, 0.5) is 14.5 Å². The van der Waals surface area contributed by atoms with E-state index in [0.717, 1.165) is 8.47 Å². The van der Waals surface area contributed by atoms with Gasteiger partial charge in [0.2, 0.25) is 0 Å². The number of carbonyl (C=O) groups excluding carboxylic acids is 1. The molecule has 0 aromatic heterocycles. The Bertz CT molecular complexity index is 459. The van der Waals surface area contributed by atoms with Crippen LogP contribution in [0.15, 0.2) is 18.2 Å². The van der Waals surface area contributed by atoms with Gasteiger partial charge < -0.3 is 0 Å². The van der Waals surface area contributed by atoms with E-state index in [4.69, 9.17) is 0 Å². The van der Waals surface area contributed by atoms with Crippen molar-refractivity contribution in [3.8, 4) is 0 Å². The summed E-state index contributed by atoms with van der Waals surface area (Å²) in [4.78, 5) is 16.7. The first-order valence-corrected chi connectivity index (χ1v) is 10.1. The first kappa shape index (κ1) is 11.8. The number of anilines is 1. The summed E-state index contributed by atoms with van der Waals surface area (Å²) in [7, 11) is 1.40. The van der Waals surface area contributed by atoms with E-state index in [-0.39, 0.29) is 5.56 Å². The van der Waals surface area contributed by atoms with Crippen molar-refractivity contribution in [3.63, 3.8) is 0 Å².